The molecule has 0 aliphatic carbocycles. The molecule has 0 spiro atoms. The summed E-state index contributed by atoms with van der Waals surface area (Å²) < 4.78 is 34.1. The van der Waals surface area contributed by atoms with Crippen LogP contribution in [0.4, 0.5) is 11.6 Å². The largest absolute Gasteiger partial charge is 0.464 e. The van der Waals surface area contributed by atoms with Crippen LogP contribution in [0, 0.1) is 0 Å². The molecule has 172 valence electrons. The molecular formula is C23H25N5O4S. The predicted molar refractivity (Wildman–Crippen MR) is 125 cm³/mol. The fourth-order valence-electron chi connectivity index (χ4n) is 3.59. The fraction of sp³-hybridized carbons (Fsp3) is 0.261. The quantitative estimate of drug-likeness (QED) is 0.455. The number of sulfonamides is 1. The van der Waals surface area contributed by atoms with Gasteiger partial charge in [0.05, 0.1) is 10.6 Å². The molecule has 0 bridgehead atoms. The Hall–Kier alpha value is -3.66. The van der Waals surface area contributed by atoms with Gasteiger partial charge >= 0.3 is 0 Å². The van der Waals surface area contributed by atoms with Crippen molar-refractivity contribution < 1.29 is 17.9 Å². The molecule has 1 atom stereocenters. The number of carbonyl (C=O) groups excluding carboxylic acids is 1. The summed E-state index contributed by atoms with van der Waals surface area (Å²) in [5, 5.41) is 2.71. The third kappa shape index (κ3) is 5.06. The normalized spacial score (nSPS) is 16.0. The van der Waals surface area contributed by atoms with Crippen molar-refractivity contribution in [3.05, 3.63) is 60.2 Å². The Morgan fingerprint density at radius 1 is 1.12 bits per heavy atom. The van der Waals surface area contributed by atoms with Crippen LogP contribution in [0.3, 0.4) is 0 Å². The number of anilines is 2. The second-order valence-electron chi connectivity index (χ2n) is 8.02. The molecule has 1 aliphatic heterocycles. The van der Waals surface area contributed by atoms with E-state index in [1.54, 1.807) is 18.2 Å². The molecule has 4 N–H and O–H groups in total. The zero-order chi connectivity index (χ0) is 23.6. The molecule has 3 aromatic rings. The summed E-state index contributed by atoms with van der Waals surface area (Å²) in [6.07, 6.45) is -0.211. The van der Waals surface area contributed by atoms with Crippen LogP contribution < -0.4 is 20.5 Å². The van der Waals surface area contributed by atoms with Gasteiger partial charge < -0.3 is 15.8 Å². The third-order valence-corrected chi connectivity index (χ3v) is 6.54. The molecule has 1 amide bonds. The van der Waals surface area contributed by atoms with Crippen LogP contribution in [0.5, 0.6) is 5.88 Å². The summed E-state index contributed by atoms with van der Waals surface area (Å²) in [7, 11) is -4.01. The van der Waals surface area contributed by atoms with Gasteiger partial charge in [0.1, 0.15) is 0 Å². The minimum absolute atomic E-state index is 0.0169. The summed E-state index contributed by atoms with van der Waals surface area (Å²) in [6, 6.07) is 15.2. The van der Waals surface area contributed by atoms with E-state index in [9.17, 15) is 13.2 Å². The zero-order valence-corrected chi connectivity index (χ0v) is 19.1. The first-order chi connectivity index (χ1) is 15.7. The molecule has 10 heteroatoms. The number of hydrogen-bond acceptors (Lipinski definition) is 7. The highest BCUT2D eigenvalue weighted by Crippen LogP contribution is 2.31. The Kier molecular flexibility index (Phi) is 6.19. The van der Waals surface area contributed by atoms with E-state index in [1.807, 2.05) is 24.3 Å². The van der Waals surface area contributed by atoms with E-state index in [4.69, 9.17) is 10.5 Å². The molecule has 2 heterocycles. The number of nitrogens with zero attached hydrogens (tertiary/aromatic N) is 2. The number of nitrogens with two attached hydrogens (primary N) is 1. The van der Waals surface area contributed by atoms with Crippen LogP contribution in [0.15, 0.2) is 59.5 Å². The summed E-state index contributed by atoms with van der Waals surface area (Å²) >= 11 is 0. The Morgan fingerprint density at radius 2 is 1.91 bits per heavy atom. The van der Waals surface area contributed by atoms with Crippen molar-refractivity contribution in [1.29, 1.82) is 0 Å². The minimum atomic E-state index is -4.01. The van der Waals surface area contributed by atoms with Gasteiger partial charge in [-0.2, -0.15) is 4.98 Å². The number of amides is 1. The number of nitrogen functional groups attached to an aromatic ring is 1. The van der Waals surface area contributed by atoms with Crippen molar-refractivity contribution in [2.75, 3.05) is 17.0 Å². The van der Waals surface area contributed by atoms with Gasteiger partial charge in [0.25, 0.3) is 15.9 Å². The topological polar surface area (TPSA) is 136 Å². The molecule has 1 aromatic heterocycles. The molecule has 2 aromatic carbocycles. The van der Waals surface area contributed by atoms with Crippen LogP contribution in [-0.2, 0) is 14.8 Å². The summed E-state index contributed by atoms with van der Waals surface area (Å²) in [6.45, 7) is 4.62. The predicted octanol–water partition coefficient (Wildman–Crippen LogP) is 2.92. The van der Waals surface area contributed by atoms with Gasteiger partial charge in [-0.15, -0.1) is 0 Å². The van der Waals surface area contributed by atoms with Crippen LogP contribution in [-0.4, -0.2) is 36.9 Å². The zero-order valence-electron chi connectivity index (χ0n) is 18.3. The second-order valence-corrected chi connectivity index (χ2v) is 9.70. The molecule has 9 nitrogen and oxygen atoms in total. The van der Waals surface area contributed by atoms with E-state index in [0.29, 0.717) is 24.3 Å². The van der Waals surface area contributed by atoms with E-state index in [1.165, 1.54) is 12.1 Å². The van der Waals surface area contributed by atoms with Gasteiger partial charge in [0, 0.05) is 30.3 Å². The first kappa shape index (κ1) is 22.5. The van der Waals surface area contributed by atoms with Crippen molar-refractivity contribution in [1.82, 2.24) is 15.3 Å². The van der Waals surface area contributed by atoms with Gasteiger partial charge in [0.2, 0.25) is 11.8 Å². The summed E-state index contributed by atoms with van der Waals surface area (Å²) in [5.41, 5.74) is 8.39. The molecule has 1 fully saturated rings. The number of nitrogens with one attached hydrogen (secondary N) is 2. The van der Waals surface area contributed by atoms with Crippen LogP contribution >= 0.6 is 0 Å². The highest BCUT2D eigenvalue weighted by Gasteiger charge is 2.27. The average molecular weight is 468 g/mol. The van der Waals surface area contributed by atoms with Gasteiger partial charge in [-0.1, -0.05) is 44.2 Å². The van der Waals surface area contributed by atoms with E-state index in [-0.39, 0.29) is 28.5 Å². The van der Waals surface area contributed by atoms with Gasteiger partial charge in [-0.25, -0.2) is 18.1 Å². The highest BCUT2D eigenvalue weighted by atomic mass is 32.2. The standard InChI is InChI=1S/C23H25N5O4S/c1-14(2)17-8-3-4-9-18(17)19-13-21(32-20-10-11-25-22(20)29)27-23(26-19)28-33(30,31)16-7-5-6-15(24)12-16/h3-9,12-14,20H,10-11,24H2,1-2H3,(H,25,29)(H,26,27,28). The maximum absolute atomic E-state index is 12.9. The fourth-order valence-corrected chi connectivity index (χ4v) is 4.59. The number of ether oxygens (including phenoxy) is 1. The highest BCUT2D eigenvalue weighted by molar-refractivity contribution is 7.92. The average Bonchev–Trinajstić information content (AvgIpc) is 3.17. The Labute approximate surface area is 192 Å². The lowest BCUT2D eigenvalue weighted by molar-refractivity contribution is -0.125. The Bertz CT molecular complexity index is 1290. The first-order valence-corrected chi connectivity index (χ1v) is 12.0. The third-order valence-electron chi connectivity index (χ3n) is 5.22. The number of benzene rings is 2. The monoisotopic (exact) mass is 467 g/mol. The lowest BCUT2D eigenvalue weighted by Gasteiger charge is -2.16. The lowest BCUT2D eigenvalue weighted by Crippen LogP contribution is -2.28. The number of carbonyl (C=O) groups is 1. The van der Waals surface area contributed by atoms with E-state index in [2.05, 4.69) is 33.9 Å². The molecule has 33 heavy (non-hydrogen) atoms. The van der Waals surface area contributed by atoms with Crippen LogP contribution in [0.25, 0.3) is 11.3 Å². The molecule has 0 radical (unpaired) electrons. The summed E-state index contributed by atoms with van der Waals surface area (Å²) in [5.74, 6) is -0.0963. The van der Waals surface area contributed by atoms with Crippen LogP contribution in [0.1, 0.15) is 31.7 Å². The maximum Gasteiger partial charge on any atom is 0.264 e. The minimum Gasteiger partial charge on any atom is -0.464 e. The van der Waals surface area contributed by atoms with Crippen molar-refractivity contribution in [2.24, 2.45) is 0 Å². The van der Waals surface area contributed by atoms with Crippen molar-refractivity contribution in [2.45, 2.75) is 37.2 Å². The molecule has 4 rings (SSSR count). The molecule has 1 unspecified atom stereocenters. The number of hydrogen-bond donors (Lipinski definition) is 3. The van der Waals surface area contributed by atoms with Crippen molar-refractivity contribution in [3.8, 4) is 17.1 Å². The van der Waals surface area contributed by atoms with Gasteiger partial charge in [0.15, 0.2) is 6.10 Å². The van der Waals surface area contributed by atoms with Crippen molar-refractivity contribution in [3.63, 3.8) is 0 Å². The first-order valence-electron chi connectivity index (χ1n) is 10.5. The smallest absolute Gasteiger partial charge is 0.264 e. The lowest BCUT2D eigenvalue weighted by atomic mass is 9.95. The SMILES string of the molecule is CC(C)c1ccccc1-c1cc(OC2CCNC2=O)nc(NS(=O)(=O)c2cccc(N)c2)n1. The van der Waals surface area contributed by atoms with Gasteiger partial charge in [-0.05, 0) is 29.7 Å². The van der Waals surface area contributed by atoms with E-state index >= 15 is 0 Å². The van der Waals surface area contributed by atoms with Gasteiger partial charge in [-0.3, -0.25) is 4.79 Å². The Morgan fingerprint density at radius 3 is 2.61 bits per heavy atom. The number of rotatable bonds is 7. The summed E-state index contributed by atoms with van der Waals surface area (Å²) in [4.78, 5) is 20.7. The molecular weight excluding hydrogens is 442 g/mol. The second kappa shape index (κ2) is 9.07. The Balaban J connectivity index is 1.77. The van der Waals surface area contributed by atoms with E-state index in [0.717, 1.165) is 11.1 Å². The number of aromatic nitrogens is 2. The van der Waals surface area contributed by atoms with Crippen LogP contribution in [0.2, 0.25) is 0 Å². The van der Waals surface area contributed by atoms with E-state index < -0.39 is 16.1 Å². The molecule has 0 saturated carbocycles. The van der Waals surface area contributed by atoms with Crippen molar-refractivity contribution >= 4 is 27.6 Å². The molecule has 1 aliphatic rings. The maximum atomic E-state index is 12.9. The molecule has 1 saturated heterocycles.